The van der Waals surface area contributed by atoms with Gasteiger partial charge < -0.3 is 4.74 Å². The zero-order chi connectivity index (χ0) is 10.6. The molecule has 0 saturated carbocycles. The lowest BCUT2D eigenvalue weighted by atomic mass is 10.3. The van der Waals surface area contributed by atoms with Crippen LogP contribution in [0.25, 0.3) is 0 Å². The van der Waals surface area contributed by atoms with E-state index in [0.29, 0.717) is 27.2 Å². The quantitative estimate of drug-likeness (QED) is 0.601. The number of halogens is 3. The minimum Gasteiger partial charge on any atom is -0.491 e. The van der Waals surface area contributed by atoms with Gasteiger partial charge in [0.2, 0.25) is 0 Å². The molecule has 0 amide bonds. The zero-order valence-electron chi connectivity index (χ0n) is 7.06. The van der Waals surface area contributed by atoms with Crippen LogP contribution in [0.2, 0.25) is 15.1 Å². The van der Waals surface area contributed by atoms with Crippen LogP contribution in [-0.4, -0.2) is 6.61 Å². The van der Waals surface area contributed by atoms with Crippen molar-refractivity contribution in [3.63, 3.8) is 0 Å². The molecule has 0 radical (unpaired) electrons. The molecule has 1 aromatic rings. The van der Waals surface area contributed by atoms with Crippen LogP contribution in [0.1, 0.15) is 6.42 Å². The highest BCUT2D eigenvalue weighted by Gasteiger charge is 2.06. The first-order chi connectivity index (χ1) is 6.65. The molecule has 0 aromatic heterocycles. The Morgan fingerprint density at radius 3 is 2.43 bits per heavy atom. The van der Waals surface area contributed by atoms with Gasteiger partial charge in [-0.15, -0.1) is 0 Å². The van der Waals surface area contributed by atoms with Crippen LogP contribution in [0.5, 0.6) is 5.75 Å². The molecule has 5 heteroatoms. The van der Waals surface area contributed by atoms with Crippen molar-refractivity contribution in [1.82, 2.24) is 0 Å². The van der Waals surface area contributed by atoms with Crippen molar-refractivity contribution in [2.75, 3.05) is 6.61 Å². The van der Waals surface area contributed by atoms with Gasteiger partial charge in [0.1, 0.15) is 12.4 Å². The smallest absolute Gasteiger partial charge is 0.139 e. The average Bonchev–Trinajstić information content (AvgIpc) is 2.14. The van der Waals surface area contributed by atoms with E-state index in [0.717, 1.165) is 0 Å². The van der Waals surface area contributed by atoms with Gasteiger partial charge in [0, 0.05) is 6.07 Å². The third-order valence-electron chi connectivity index (χ3n) is 1.45. The highest BCUT2D eigenvalue weighted by Crippen LogP contribution is 2.33. The molecule has 1 rings (SSSR count). The molecule has 0 aliphatic carbocycles. The van der Waals surface area contributed by atoms with E-state index in [1.165, 1.54) is 12.1 Å². The molecule has 0 aliphatic rings. The number of rotatable bonds is 3. The zero-order valence-corrected chi connectivity index (χ0v) is 9.33. The van der Waals surface area contributed by atoms with Crippen LogP contribution in [0.4, 0.5) is 0 Å². The molecule has 0 N–H and O–H groups in total. The van der Waals surface area contributed by atoms with E-state index in [9.17, 15) is 0 Å². The number of benzene rings is 1. The second-order valence-electron chi connectivity index (χ2n) is 2.45. The van der Waals surface area contributed by atoms with Crippen molar-refractivity contribution in [1.29, 1.82) is 5.26 Å². The van der Waals surface area contributed by atoms with Gasteiger partial charge in [0.15, 0.2) is 0 Å². The third kappa shape index (κ3) is 2.95. The molecule has 2 nitrogen and oxygen atoms in total. The van der Waals surface area contributed by atoms with Crippen LogP contribution >= 0.6 is 34.8 Å². The normalized spacial score (nSPS) is 9.57. The van der Waals surface area contributed by atoms with E-state index in [2.05, 4.69) is 0 Å². The van der Waals surface area contributed by atoms with Gasteiger partial charge in [0.25, 0.3) is 0 Å². The summed E-state index contributed by atoms with van der Waals surface area (Å²) in [5.74, 6) is 0.441. The molecular weight excluding hydrogens is 244 g/mol. The van der Waals surface area contributed by atoms with Crippen molar-refractivity contribution in [2.45, 2.75) is 6.42 Å². The Kier molecular flexibility index (Phi) is 4.34. The summed E-state index contributed by atoms with van der Waals surface area (Å²) in [6.07, 6.45) is 0.302. The highest BCUT2D eigenvalue weighted by atomic mass is 35.5. The average molecular weight is 251 g/mol. The molecule has 0 aliphatic heterocycles. The molecule has 0 heterocycles. The van der Waals surface area contributed by atoms with Crippen LogP contribution < -0.4 is 4.74 Å². The van der Waals surface area contributed by atoms with Crippen LogP contribution in [0.15, 0.2) is 12.1 Å². The minimum absolute atomic E-state index is 0.286. The Labute approximate surface area is 96.9 Å². The fourth-order valence-corrected chi connectivity index (χ4v) is 1.41. The summed E-state index contributed by atoms with van der Waals surface area (Å²) in [6, 6.07) is 4.99. The van der Waals surface area contributed by atoms with Crippen molar-refractivity contribution in [3.8, 4) is 11.8 Å². The summed E-state index contributed by atoms with van der Waals surface area (Å²) < 4.78 is 5.22. The molecule has 0 saturated heterocycles. The standard InChI is InChI=1S/C9H6Cl3NO/c10-6-4-8(12)9(5-7(6)11)14-3-1-2-13/h4-5H,1,3H2. The van der Waals surface area contributed by atoms with E-state index in [1.54, 1.807) is 0 Å². The van der Waals surface area contributed by atoms with Crippen molar-refractivity contribution >= 4 is 34.8 Å². The van der Waals surface area contributed by atoms with Crippen LogP contribution in [0, 0.1) is 11.3 Å². The maximum Gasteiger partial charge on any atom is 0.139 e. The summed E-state index contributed by atoms with van der Waals surface area (Å²) >= 11 is 17.3. The summed E-state index contributed by atoms with van der Waals surface area (Å²) in [6.45, 7) is 0.286. The van der Waals surface area contributed by atoms with Gasteiger partial charge in [0.05, 0.1) is 27.6 Å². The van der Waals surface area contributed by atoms with Crippen molar-refractivity contribution < 1.29 is 4.74 Å². The molecule has 0 spiro atoms. The molecule has 0 unspecified atom stereocenters. The third-order valence-corrected chi connectivity index (χ3v) is 2.46. The molecule has 74 valence electrons. The molecule has 0 fully saturated rings. The first-order valence-corrected chi connectivity index (χ1v) is 4.93. The number of nitriles is 1. The van der Waals surface area contributed by atoms with Gasteiger partial charge in [-0.2, -0.15) is 5.26 Å². The lowest BCUT2D eigenvalue weighted by Gasteiger charge is -2.07. The number of nitrogens with zero attached hydrogens (tertiary/aromatic N) is 1. The Morgan fingerprint density at radius 2 is 1.79 bits per heavy atom. The highest BCUT2D eigenvalue weighted by molar-refractivity contribution is 6.43. The van der Waals surface area contributed by atoms with Crippen molar-refractivity contribution in [3.05, 3.63) is 27.2 Å². The number of hydrogen-bond acceptors (Lipinski definition) is 2. The van der Waals surface area contributed by atoms with Crippen LogP contribution in [0.3, 0.4) is 0 Å². The molecule has 14 heavy (non-hydrogen) atoms. The summed E-state index contributed by atoms with van der Waals surface area (Å²) in [4.78, 5) is 0. The van der Waals surface area contributed by atoms with E-state index in [1.807, 2.05) is 6.07 Å². The molecule has 0 bridgehead atoms. The van der Waals surface area contributed by atoms with Crippen LogP contribution in [-0.2, 0) is 0 Å². The lowest BCUT2D eigenvalue weighted by Crippen LogP contribution is -1.96. The number of hydrogen-bond donors (Lipinski definition) is 0. The lowest BCUT2D eigenvalue weighted by molar-refractivity contribution is 0.327. The largest absolute Gasteiger partial charge is 0.491 e. The predicted molar refractivity (Wildman–Crippen MR) is 57.2 cm³/mol. The maximum atomic E-state index is 8.30. The number of ether oxygens (including phenoxy) is 1. The molecule has 1 aromatic carbocycles. The molecular formula is C9H6Cl3NO. The fraction of sp³-hybridized carbons (Fsp3) is 0.222. The monoisotopic (exact) mass is 249 g/mol. The second kappa shape index (κ2) is 5.31. The summed E-state index contributed by atoms with van der Waals surface area (Å²) in [5, 5.41) is 9.45. The van der Waals surface area contributed by atoms with Gasteiger partial charge in [-0.25, -0.2) is 0 Å². The first-order valence-electron chi connectivity index (χ1n) is 3.79. The summed E-state index contributed by atoms with van der Waals surface area (Å²) in [5.41, 5.74) is 0. The second-order valence-corrected chi connectivity index (χ2v) is 3.67. The van der Waals surface area contributed by atoms with E-state index in [4.69, 9.17) is 44.8 Å². The first kappa shape index (κ1) is 11.5. The van der Waals surface area contributed by atoms with Gasteiger partial charge in [-0.3, -0.25) is 0 Å². The fourth-order valence-electron chi connectivity index (χ4n) is 0.822. The minimum atomic E-state index is 0.286. The van der Waals surface area contributed by atoms with Gasteiger partial charge in [-0.05, 0) is 6.07 Å². The summed E-state index contributed by atoms with van der Waals surface area (Å²) in [7, 11) is 0. The van der Waals surface area contributed by atoms with E-state index in [-0.39, 0.29) is 6.61 Å². The Morgan fingerprint density at radius 1 is 1.14 bits per heavy atom. The maximum absolute atomic E-state index is 8.30. The topological polar surface area (TPSA) is 33.0 Å². The van der Waals surface area contributed by atoms with Crippen molar-refractivity contribution in [2.24, 2.45) is 0 Å². The Balaban J connectivity index is 2.78. The SMILES string of the molecule is N#CCCOc1cc(Cl)c(Cl)cc1Cl. The van der Waals surface area contributed by atoms with E-state index < -0.39 is 0 Å². The predicted octanol–water partition coefficient (Wildman–Crippen LogP) is 3.94. The Hall–Kier alpha value is -0.620. The van der Waals surface area contributed by atoms with Gasteiger partial charge >= 0.3 is 0 Å². The van der Waals surface area contributed by atoms with Gasteiger partial charge in [-0.1, -0.05) is 34.8 Å². The molecule has 0 atom stereocenters. The Bertz CT molecular complexity index is 373. The van der Waals surface area contributed by atoms with E-state index >= 15 is 0 Å².